The number of aromatic nitrogens is 4. The van der Waals surface area contributed by atoms with E-state index in [2.05, 4.69) is 25.3 Å². The number of nitrogens with two attached hydrogens (primary N) is 1. The normalized spacial score (nSPS) is 18.6. The number of H-pyrrole nitrogens is 1. The molecule has 5 N–H and O–H groups in total. The van der Waals surface area contributed by atoms with Gasteiger partial charge in [0.2, 0.25) is 5.95 Å². The Morgan fingerprint density at radius 2 is 2.21 bits per heavy atom. The Morgan fingerprint density at radius 3 is 2.95 bits per heavy atom. The van der Waals surface area contributed by atoms with E-state index in [1.165, 1.54) is 0 Å². The van der Waals surface area contributed by atoms with Gasteiger partial charge in [0.1, 0.15) is 5.52 Å². The number of aromatic amines is 1. The molecule has 19 heavy (non-hydrogen) atoms. The quantitative estimate of drug-likeness (QED) is 0.610. The number of anilines is 2. The third-order valence-corrected chi connectivity index (χ3v) is 3.44. The molecular weight excluding hydrogens is 248 g/mol. The lowest BCUT2D eigenvalue weighted by Gasteiger charge is -2.36. The summed E-state index contributed by atoms with van der Waals surface area (Å²) in [5.74, 6) is 0.721. The zero-order valence-corrected chi connectivity index (χ0v) is 10.4. The Morgan fingerprint density at radius 1 is 1.42 bits per heavy atom. The molecule has 0 aromatic carbocycles. The van der Waals surface area contributed by atoms with Gasteiger partial charge >= 0.3 is 0 Å². The van der Waals surface area contributed by atoms with Gasteiger partial charge < -0.3 is 25.9 Å². The number of rotatable bonds is 3. The standard InChI is InChI=1S/C11H16N6O2/c12-10-15-8-7(13-6-14-8)9(16-10)17-11(5-18)1-3-19-4-2-11/h6,18H,1-5H2,(H4,12,13,14,15,16,17). The van der Waals surface area contributed by atoms with E-state index in [1.54, 1.807) is 6.33 Å². The summed E-state index contributed by atoms with van der Waals surface area (Å²) in [5.41, 5.74) is 6.43. The van der Waals surface area contributed by atoms with Crippen LogP contribution in [0.1, 0.15) is 12.8 Å². The maximum atomic E-state index is 9.68. The van der Waals surface area contributed by atoms with Crippen molar-refractivity contribution in [2.45, 2.75) is 18.4 Å². The average molecular weight is 264 g/mol. The molecule has 3 heterocycles. The Balaban J connectivity index is 1.97. The molecule has 1 saturated heterocycles. The first-order valence-corrected chi connectivity index (χ1v) is 6.16. The van der Waals surface area contributed by atoms with Gasteiger partial charge in [-0.1, -0.05) is 0 Å². The van der Waals surface area contributed by atoms with Crippen molar-refractivity contribution in [2.24, 2.45) is 0 Å². The van der Waals surface area contributed by atoms with Gasteiger partial charge in [0.15, 0.2) is 11.5 Å². The van der Waals surface area contributed by atoms with Crippen LogP contribution in [-0.4, -0.2) is 50.4 Å². The van der Waals surface area contributed by atoms with Crippen molar-refractivity contribution in [1.29, 1.82) is 0 Å². The second-order valence-corrected chi connectivity index (χ2v) is 4.71. The first-order valence-electron chi connectivity index (χ1n) is 6.16. The molecule has 0 amide bonds. The highest BCUT2D eigenvalue weighted by atomic mass is 16.5. The van der Waals surface area contributed by atoms with E-state index >= 15 is 0 Å². The molecule has 3 rings (SSSR count). The van der Waals surface area contributed by atoms with E-state index in [-0.39, 0.29) is 12.6 Å². The minimum absolute atomic E-state index is 0.00982. The van der Waals surface area contributed by atoms with Crippen LogP contribution in [0, 0.1) is 0 Å². The van der Waals surface area contributed by atoms with Crippen LogP contribution in [0.5, 0.6) is 0 Å². The van der Waals surface area contributed by atoms with Gasteiger partial charge in [-0.15, -0.1) is 0 Å². The van der Waals surface area contributed by atoms with Crippen molar-refractivity contribution >= 4 is 22.9 Å². The number of fused-ring (bicyclic) bond motifs is 1. The molecule has 0 bridgehead atoms. The number of imidazole rings is 1. The Bertz CT molecular complexity index is 578. The van der Waals surface area contributed by atoms with E-state index in [4.69, 9.17) is 10.5 Å². The second-order valence-electron chi connectivity index (χ2n) is 4.71. The number of aliphatic hydroxyl groups is 1. The van der Waals surface area contributed by atoms with Crippen molar-refractivity contribution in [3.05, 3.63) is 6.33 Å². The Labute approximate surface area is 109 Å². The molecule has 1 aliphatic rings. The van der Waals surface area contributed by atoms with E-state index in [1.807, 2.05) is 0 Å². The molecule has 1 fully saturated rings. The van der Waals surface area contributed by atoms with Gasteiger partial charge in [-0.2, -0.15) is 9.97 Å². The fourth-order valence-corrected chi connectivity index (χ4v) is 2.28. The maximum Gasteiger partial charge on any atom is 0.224 e. The van der Waals surface area contributed by atoms with Gasteiger partial charge in [-0.25, -0.2) is 4.98 Å². The first kappa shape index (κ1) is 12.1. The molecule has 0 radical (unpaired) electrons. The summed E-state index contributed by atoms with van der Waals surface area (Å²) in [4.78, 5) is 15.3. The molecule has 0 atom stereocenters. The van der Waals surface area contributed by atoms with Crippen molar-refractivity contribution in [3.8, 4) is 0 Å². The van der Waals surface area contributed by atoms with Crippen LogP contribution in [0.3, 0.4) is 0 Å². The number of hydrogen-bond donors (Lipinski definition) is 4. The summed E-state index contributed by atoms with van der Waals surface area (Å²) < 4.78 is 5.33. The summed E-state index contributed by atoms with van der Waals surface area (Å²) in [6.07, 6.45) is 2.96. The molecule has 0 unspecified atom stereocenters. The van der Waals surface area contributed by atoms with Crippen LogP contribution in [0.15, 0.2) is 6.33 Å². The predicted molar refractivity (Wildman–Crippen MR) is 69.6 cm³/mol. The fourth-order valence-electron chi connectivity index (χ4n) is 2.28. The molecule has 102 valence electrons. The molecular formula is C11H16N6O2. The van der Waals surface area contributed by atoms with Gasteiger partial charge in [0.05, 0.1) is 18.5 Å². The number of nitrogens with one attached hydrogen (secondary N) is 2. The Hall–Kier alpha value is -1.93. The van der Waals surface area contributed by atoms with Gasteiger partial charge in [-0.05, 0) is 12.8 Å². The van der Waals surface area contributed by atoms with E-state index in [0.717, 1.165) is 0 Å². The van der Waals surface area contributed by atoms with Crippen LogP contribution in [-0.2, 0) is 4.74 Å². The number of nitrogens with zero attached hydrogens (tertiary/aromatic N) is 3. The smallest absolute Gasteiger partial charge is 0.224 e. The van der Waals surface area contributed by atoms with Crippen molar-refractivity contribution in [1.82, 2.24) is 19.9 Å². The summed E-state index contributed by atoms with van der Waals surface area (Å²) >= 11 is 0. The lowest BCUT2D eigenvalue weighted by atomic mass is 9.91. The number of hydrogen-bond acceptors (Lipinski definition) is 7. The molecule has 2 aromatic heterocycles. The first-order chi connectivity index (χ1) is 9.22. The lowest BCUT2D eigenvalue weighted by Crippen LogP contribution is -2.47. The third kappa shape index (κ3) is 2.20. The van der Waals surface area contributed by atoms with Gasteiger partial charge in [-0.3, -0.25) is 0 Å². The van der Waals surface area contributed by atoms with Crippen LogP contribution >= 0.6 is 0 Å². The highest BCUT2D eigenvalue weighted by Gasteiger charge is 2.33. The summed E-state index contributed by atoms with van der Waals surface area (Å²) in [6, 6.07) is 0. The summed E-state index contributed by atoms with van der Waals surface area (Å²) in [5, 5.41) is 13.0. The van der Waals surface area contributed by atoms with Crippen LogP contribution in [0.4, 0.5) is 11.8 Å². The number of ether oxygens (including phenoxy) is 1. The van der Waals surface area contributed by atoms with Gasteiger partial charge in [0, 0.05) is 13.2 Å². The van der Waals surface area contributed by atoms with E-state index in [9.17, 15) is 5.11 Å². The van der Waals surface area contributed by atoms with Crippen molar-refractivity contribution < 1.29 is 9.84 Å². The molecule has 8 nitrogen and oxygen atoms in total. The zero-order chi connectivity index (χ0) is 13.3. The summed E-state index contributed by atoms with van der Waals surface area (Å²) in [6.45, 7) is 1.23. The monoisotopic (exact) mass is 264 g/mol. The average Bonchev–Trinajstić information content (AvgIpc) is 2.88. The van der Waals surface area contributed by atoms with Crippen LogP contribution in [0.2, 0.25) is 0 Å². The topological polar surface area (TPSA) is 122 Å². The second kappa shape index (κ2) is 4.63. The maximum absolute atomic E-state index is 9.68. The fraction of sp³-hybridized carbons (Fsp3) is 0.545. The van der Waals surface area contributed by atoms with Crippen molar-refractivity contribution in [3.63, 3.8) is 0 Å². The molecule has 0 spiro atoms. The van der Waals surface area contributed by atoms with E-state index in [0.29, 0.717) is 43.0 Å². The summed E-state index contributed by atoms with van der Waals surface area (Å²) in [7, 11) is 0. The van der Waals surface area contributed by atoms with Gasteiger partial charge in [0.25, 0.3) is 0 Å². The highest BCUT2D eigenvalue weighted by molar-refractivity contribution is 5.83. The predicted octanol–water partition coefficient (Wildman–Crippen LogP) is -0.112. The van der Waals surface area contributed by atoms with Crippen molar-refractivity contribution in [2.75, 3.05) is 30.9 Å². The third-order valence-electron chi connectivity index (χ3n) is 3.44. The highest BCUT2D eigenvalue weighted by Crippen LogP contribution is 2.27. The lowest BCUT2D eigenvalue weighted by molar-refractivity contribution is 0.0379. The van der Waals surface area contributed by atoms with E-state index < -0.39 is 5.54 Å². The molecule has 1 aliphatic heterocycles. The van der Waals surface area contributed by atoms with Crippen LogP contribution in [0.25, 0.3) is 11.2 Å². The number of aliphatic hydroxyl groups excluding tert-OH is 1. The minimum atomic E-state index is -0.433. The minimum Gasteiger partial charge on any atom is -0.394 e. The Kier molecular flexibility index (Phi) is 2.96. The SMILES string of the molecule is Nc1nc(NC2(CO)CCOCC2)c2[nH]cnc2n1. The van der Waals surface area contributed by atoms with Crippen LogP contribution < -0.4 is 11.1 Å². The molecule has 0 saturated carbocycles. The molecule has 0 aliphatic carbocycles. The molecule has 2 aromatic rings. The number of nitrogen functional groups attached to an aromatic ring is 1. The zero-order valence-electron chi connectivity index (χ0n) is 10.4. The largest absolute Gasteiger partial charge is 0.394 e. The molecule has 8 heteroatoms.